The van der Waals surface area contributed by atoms with Crippen LogP contribution in [-0.2, 0) is 9.48 Å². The molecule has 1 aliphatic heterocycles. The molecule has 0 aliphatic carbocycles. The molecule has 82 valence electrons. The van der Waals surface area contributed by atoms with Gasteiger partial charge in [-0.05, 0) is 11.6 Å². The van der Waals surface area contributed by atoms with Gasteiger partial charge < -0.3 is 9.47 Å². The predicted molar refractivity (Wildman–Crippen MR) is 64.5 cm³/mol. The molecular weight excluding hydrogens is 255 g/mol. The van der Waals surface area contributed by atoms with Crippen LogP contribution in [0, 0.1) is 0 Å². The monoisotopic (exact) mass is 264 g/mol. The molecule has 5 heteroatoms. The Morgan fingerprint density at radius 3 is 2.47 bits per heavy atom. The molecule has 1 aliphatic rings. The number of halogens is 2. The van der Waals surface area contributed by atoms with E-state index in [0.29, 0.717) is 29.0 Å². The van der Waals surface area contributed by atoms with Crippen molar-refractivity contribution >= 4 is 35.8 Å². The van der Waals surface area contributed by atoms with Crippen LogP contribution < -0.4 is 4.74 Å². The summed E-state index contributed by atoms with van der Waals surface area (Å²) >= 11 is 16.7. The Kier molecular flexibility index (Phi) is 3.08. The van der Waals surface area contributed by atoms with E-state index in [1.165, 1.54) is 0 Å². The number of benzene rings is 1. The van der Waals surface area contributed by atoms with Crippen LogP contribution in [0.4, 0.5) is 0 Å². The van der Waals surface area contributed by atoms with Gasteiger partial charge in [0.1, 0.15) is 10.8 Å². The quantitative estimate of drug-likeness (QED) is 0.828. The molecule has 0 radical (unpaired) electrons. The highest BCUT2D eigenvalue weighted by atomic mass is 35.5. The lowest BCUT2D eigenvalue weighted by atomic mass is 9.96. The van der Waals surface area contributed by atoms with Gasteiger partial charge in [0.2, 0.25) is 0 Å². The first-order valence-electron chi connectivity index (χ1n) is 4.41. The van der Waals surface area contributed by atoms with Crippen LogP contribution in [0.2, 0.25) is 10.0 Å². The smallest absolute Gasteiger partial charge is 0.138 e. The zero-order valence-electron chi connectivity index (χ0n) is 8.09. The highest BCUT2D eigenvalue weighted by Crippen LogP contribution is 2.44. The average Bonchev–Trinajstić information content (AvgIpc) is 2.19. The van der Waals surface area contributed by atoms with Crippen LogP contribution in [0.3, 0.4) is 0 Å². The summed E-state index contributed by atoms with van der Waals surface area (Å²) in [5, 5.41) is 0.923. The van der Waals surface area contributed by atoms with Crippen molar-refractivity contribution in [2.75, 3.05) is 20.3 Å². The fraction of sp³-hybridized carbons (Fsp3) is 0.400. The van der Waals surface area contributed by atoms with Crippen LogP contribution in [0.5, 0.6) is 5.75 Å². The van der Waals surface area contributed by atoms with E-state index in [0.717, 1.165) is 5.56 Å². The number of thiol groups is 1. The highest BCUT2D eigenvalue weighted by molar-refractivity contribution is 7.81. The number of methoxy groups -OCH3 is 1. The minimum atomic E-state index is -0.313. The SMILES string of the molecule is COc1ccc(C2(S)COC2)c(Cl)c1Cl. The molecule has 1 heterocycles. The number of hydrogen-bond donors (Lipinski definition) is 1. The number of hydrogen-bond acceptors (Lipinski definition) is 3. The van der Waals surface area contributed by atoms with E-state index >= 15 is 0 Å². The Balaban J connectivity index is 2.46. The van der Waals surface area contributed by atoms with Crippen molar-refractivity contribution in [1.82, 2.24) is 0 Å². The molecule has 0 N–H and O–H groups in total. The summed E-state index contributed by atoms with van der Waals surface area (Å²) in [6, 6.07) is 3.67. The fourth-order valence-corrected chi connectivity index (χ4v) is 2.51. The summed E-state index contributed by atoms with van der Waals surface area (Å²) in [7, 11) is 1.56. The summed E-state index contributed by atoms with van der Waals surface area (Å²) in [5.41, 5.74) is 0.893. The second-order valence-electron chi connectivity index (χ2n) is 3.47. The Hall–Kier alpha value is -0.0900. The van der Waals surface area contributed by atoms with E-state index < -0.39 is 0 Å². The van der Waals surface area contributed by atoms with Crippen molar-refractivity contribution in [1.29, 1.82) is 0 Å². The van der Waals surface area contributed by atoms with E-state index in [-0.39, 0.29) is 4.75 Å². The lowest BCUT2D eigenvalue weighted by Gasteiger charge is -2.38. The molecule has 1 fully saturated rings. The zero-order valence-corrected chi connectivity index (χ0v) is 10.5. The lowest BCUT2D eigenvalue weighted by molar-refractivity contribution is -0.00966. The third kappa shape index (κ3) is 1.82. The molecule has 0 aromatic heterocycles. The van der Waals surface area contributed by atoms with Crippen molar-refractivity contribution in [3.05, 3.63) is 27.7 Å². The second-order valence-corrected chi connectivity index (χ2v) is 5.08. The van der Waals surface area contributed by atoms with E-state index in [1.807, 2.05) is 6.07 Å². The maximum Gasteiger partial charge on any atom is 0.138 e. The summed E-state index contributed by atoms with van der Waals surface area (Å²) in [6.45, 7) is 1.11. The van der Waals surface area contributed by atoms with Crippen LogP contribution in [-0.4, -0.2) is 20.3 Å². The molecule has 0 unspecified atom stereocenters. The first kappa shape index (κ1) is 11.4. The molecule has 2 nitrogen and oxygen atoms in total. The van der Waals surface area contributed by atoms with Crippen molar-refractivity contribution < 1.29 is 9.47 Å². The predicted octanol–water partition coefficient (Wildman–Crippen LogP) is 3.16. The van der Waals surface area contributed by atoms with Crippen molar-refractivity contribution in [2.24, 2.45) is 0 Å². The molecule has 1 aromatic rings. The van der Waals surface area contributed by atoms with Gasteiger partial charge in [-0.1, -0.05) is 29.3 Å². The largest absolute Gasteiger partial charge is 0.495 e. The molecule has 1 saturated heterocycles. The topological polar surface area (TPSA) is 18.5 Å². The first-order valence-corrected chi connectivity index (χ1v) is 5.61. The van der Waals surface area contributed by atoms with Gasteiger partial charge in [-0.25, -0.2) is 0 Å². The third-order valence-corrected chi connectivity index (χ3v) is 3.81. The standard InChI is InChI=1S/C10H10Cl2O2S/c1-13-7-3-2-6(8(11)9(7)12)10(15)4-14-5-10/h2-3,15H,4-5H2,1H3. The molecule has 0 bridgehead atoms. The summed E-state index contributed by atoms with van der Waals surface area (Å²) < 4.78 is 9.89. The third-order valence-electron chi connectivity index (χ3n) is 2.45. The molecule has 1 aromatic carbocycles. The first-order chi connectivity index (χ1) is 7.08. The molecule has 0 atom stereocenters. The van der Waals surface area contributed by atoms with Gasteiger partial charge in [0.15, 0.2) is 0 Å². The van der Waals surface area contributed by atoms with Crippen molar-refractivity contribution in [2.45, 2.75) is 4.75 Å². The van der Waals surface area contributed by atoms with Gasteiger partial charge in [0.25, 0.3) is 0 Å². The number of rotatable bonds is 2. The van der Waals surface area contributed by atoms with Gasteiger partial charge in [0, 0.05) is 0 Å². The van der Waals surface area contributed by atoms with Crippen LogP contribution in [0.1, 0.15) is 5.56 Å². The Morgan fingerprint density at radius 1 is 1.33 bits per heavy atom. The zero-order chi connectivity index (χ0) is 11.1. The maximum absolute atomic E-state index is 6.16. The fourth-order valence-electron chi connectivity index (χ4n) is 1.50. The minimum Gasteiger partial charge on any atom is -0.495 e. The average molecular weight is 265 g/mol. The second kappa shape index (κ2) is 4.06. The van der Waals surface area contributed by atoms with Gasteiger partial charge in [-0.2, -0.15) is 12.6 Å². The molecule has 0 spiro atoms. The molecular formula is C10H10Cl2O2S. The van der Waals surface area contributed by atoms with Gasteiger partial charge in [0.05, 0.1) is 30.1 Å². The van der Waals surface area contributed by atoms with E-state index in [9.17, 15) is 0 Å². The van der Waals surface area contributed by atoms with Gasteiger partial charge in [-0.15, -0.1) is 0 Å². The molecule has 2 rings (SSSR count). The van der Waals surface area contributed by atoms with Gasteiger partial charge >= 0.3 is 0 Å². The van der Waals surface area contributed by atoms with Crippen molar-refractivity contribution in [3.63, 3.8) is 0 Å². The van der Waals surface area contributed by atoms with Crippen LogP contribution in [0.15, 0.2) is 12.1 Å². The van der Waals surface area contributed by atoms with Gasteiger partial charge in [-0.3, -0.25) is 0 Å². The molecule has 15 heavy (non-hydrogen) atoms. The van der Waals surface area contributed by atoms with E-state index in [2.05, 4.69) is 12.6 Å². The summed E-state index contributed by atoms with van der Waals surface area (Å²) in [6.07, 6.45) is 0. The summed E-state index contributed by atoms with van der Waals surface area (Å²) in [5.74, 6) is 0.572. The van der Waals surface area contributed by atoms with E-state index in [1.54, 1.807) is 13.2 Å². The molecule has 0 amide bonds. The highest BCUT2D eigenvalue weighted by Gasteiger charge is 2.39. The molecule has 0 saturated carbocycles. The van der Waals surface area contributed by atoms with Crippen LogP contribution >= 0.6 is 35.8 Å². The Bertz CT molecular complexity index is 391. The number of ether oxygens (including phenoxy) is 2. The van der Waals surface area contributed by atoms with E-state index in [4.69, 9.17) is 32.7 Å². The summed E-state index contributed by atoms with van der Waals surface area (Å²) in [4.78, 5) is 0. The van der Waals surface area contributed by atoms with Crippen molar-refractivity contribution in [3.8, 4) is 5.75 Å². The Morgan fingerprint density at radius 2 is 2.00 bits per heavy atom. The lowest BCUT2D eigenvalue weighted by Crippen LogP contribution is -2.41. The normalized spacial score (nSPS) is 18.4. The maximum atomic E-state index is 6.16. The Labute approximate surface area is 104 Å². The minimum absolute atomic E-state index is 0.313. The van der Waals surface area contributed by atoms with Crippen LogP contribution in [0.25, 0.3) is 0 Å².